The summed E-state index contributed by atoms with van der Waals surface area (Å²) in [5.74, 6) is 0.291. The van der Waals surface area contributed by atoms with Gasteiger partial charge in [-0.2, -0.15) is 13.2 Å². The highest BCUT2D eigenvalue weighted by Gasteiger charge is 2.32. The van der Waals surface area contributed by atoms with Crippen LogP contribution in [0.2, 0.25) is 0 Å². The summed E-state index contributed by atoms with van der Waals surface area (Å²) in [5.41, 5.74) is 0.423. The number of nitrogens with zero attached hydrogens (tertiary/aromatic N) is 4. The number of alkyl halides is 3. The summed E-state index contributed by atoms with van der Waals surface area (Å²) in [7, 11) is 0. The summed E-state index contributed by atoms with van der Waals surface area (Å²) in [5, 5.41) is 0. The van der Waals surface area contributed by atoms with E-state index in [-0.39, 0.29) is 17.0 Å². The molecule has 1 aliphatic heterocycles. The molecule has 32 heavy (non-hydrogen) atoms. The van der Waals surface area contributed by atoms with E-state index < -0.39 is 11.7 Å². The third-order valence-electron chi connectivity index (χ3n) is 5.24. The molecule has 0 saturated carbocycles. The number of halogens is 3. The zero-order chi connectivity index (χ0) is 22.6. The van der Waals surface area contributed by atoms with Gasteiger partial charge in [-0.3, -0.25) is 4.79 Å². The zero-order valence-electron chi connectivity index (χ0n) is 17.2. The maximum absolute atomic E-state index is 13.4. The van der Waals surface area contributed by atoms with Crippen LogP contribution >= 0.6 is 0 Å². The van der Waals surface area contributed by atoms with Crippen molar-refractivity contribution in [3.05, 3.63) is 89.7 Å². The van der Waals surface area contributed by atoms with Crippen molar-refractivity contribution in [3.63, 3.8) is 0 Å². The molecule has 3 aromatic rings. The summed E-state index contributed by atoms with van der Waals surface area (Å²) in [6.07, 6.45) is 0.477. The number of piperazine rings is 1. The molecule has 1 fully saturated rings. The maximum atomic E-state index is 13.4. The molecular formula is C24H21F3N4O. The highest BCUT2D eigenvalue weighted by Crippen LogP contribution is 2.32. The number of carbonyl (C=O) groups is 1. The first-order valence-corrected chi connectivity index (χ1v) is 10.2. The molecule has 1 aromatic heterocycles. The van der Waals surface area contributed by atoms with Gasteiger partial charge in [-0.15, -0.1) is 0 Å². The van der Waals surface area contributed by atoms with Gasteiger partial charge >= 0.3 is 6.18 Å². The fourth-order valence-corrected chi connectivity index (χ4v) is 3.58. The Labute approximate surface area is 183 Å². The van der Waals surface area contributed by atoms with Crippen LogP contribution in [0.3, 0.4) is 0 Å². The Balaban J connectivity index is 1.61. The van der Waals surface area contributed by atoms with E-state index in [9.17, 15) is 18.0 Å². The molecule has 1 amide bonds. The maximum Gasteiger partial charge on any atom is 0.416 e. The van der Waals surface area contributed by atoms with Gasteiger partial charge in [0.05, 0.1) is 5.56 Å². The van der Waals surface area contributed by atoms with E-state index >= 15 is 0 Å². The molecule has 1 aliphatic rings. The van der Waals surface area contributed by atoms with Crippen molar-refractivity contribution in [2.45, 2.75) is 6.18 Å². The summed E-state index contributed by atoms with van der Waals surface area (Å²) in [6.45, 7) is 1.91. The summed E-state index contributed by atoms with van der Waals surface area (Å²) in [6, 6.07) is 15.7. The minimum Gasteiger partial charge on any atom is -0.337 e. The number of carbonyl (C=O) groups excluding carboxylic acids is 1. The first kappa shape index (κ1) is 21.5. The van der Waals surface area contributed by atoms with Crippen LogP contribution in [-0.2, 0) is 11.0 Å². The molecule has 0 radical (unpaired) electrons. The van der Waals surface area contributed by atoms with Gasteiger partial charge in [0.25, 0.3) is 5.91 Å². The van der Waals surface area contributed by atoms with E-state index in [4.69, 9.17) is 0 Å². The zero-order valence-corrected chi connectivity index (χ0v) is 17.2. The summed E-state index contributed by atoms with van der Waals surface area (Å²) >= 11 is 0. The van der Waals surface area contributed by atoms with Crippen LogP contribution in [0, 0.1) is 0 Å². The predicted octanol–water partition coefficient (Wildman–Crippen LogP) is 4.38. The fourth-order valence-electron chi connectivity index (χ4n) is 3.58. The first-order valence-electron chi connectivity index (χ1n) is 10.2. The second-order valence-corrected chi connectivity index (χ2v) is 7.38. The molecule has 4 rings (SSSR count). The molecular weight excluding hydrogens is 417 g/mol. The van der Waals surface area contributed by atoms with E-state index in [1.54, 1.807) is 29.4 Å². The number of hydrogen-bond acceptors (Lipinski definition) is 4. The van der Waals surface area contributed by atoms with Crippen molar-refractivity contribution in [2.24, 2.45) is 0 Å². The monoisotopic (exact) mass is 438 g/mol. The summed E-state index contributed by atoms with van der Waals surface area (Å²) < 4.78 is 39.9. The van der Waals surface area contributed by atoms with Crippen molar-refractivity contribution in [3.8, 4) is 0 Å². The Morgan fingerprint density at radius 1 is 0.875 bits per heavy atom. The minimum absolute atomic E-state index is 0.228. The molecule has 5 nitrogen and oxygen atoms in total. The van der Waals surface area contributed by atoms with Crippen molar-refractivity contribution >= 4 is 23.5 Å². The van der Waals surface area contributed by atoms with Gasteiger partial charge in [-0.05, 0) is 35.4 Å². The Kier molecular flexibility index (Phi) is 6.20. The molecule has 0 aliphatic carbocycles. The number of amides is 1. The average molecular weight is 438 g/mol. The quantitative estimate of drug-likeness (QED) is 0.448. The molecule has 0 atom stereocenters. The van der Waals surface area contributed by atoms with E-state index in [2.05, 4.69) is 9.97 Å². The lowest BCUT2D eigenvalue weighted by atomic mass is 9.99. The van der Waals surface area contributed by atoms with Crippen molar-refractivity contribution in [1.82, 2.24) is 14.9 Å². The van der Waals surface area contributed by atoms with Crippen molar-refractivity contribution < 1.29 is 18.0 Å². The van der Waals surface area contributed by atoms with Crippen molar-refractivity contribution in [2.75, 3.05) is 31.1 Å². The van der Waals surface area contributed by atoms with Crippen molar-refractivity contribution in [1.29, 1.82) is 0 Å². The fraction of sp³-hybridized carbons (Fsp3) is 0.208. The third-order valence-corrected chi connectivity index (χ3v) is 5.24. The first-order chi connectivity index (χ1) is 15.4. The standard InChI is InChI=1S/C24H21F3N4O/c25-24(26,27)20-9-4-8-19(17-20)21(16-18-6-2-1-3-7-18)22(32)30-12-14-31(15-13-30)23-28-10-5-11-29-23/h1-11,16-17H,12-15H2/b21-16+. The molecule has 2 heterocycles. The van der Waals surface area contributed by atoms with Gasteiger partial charge in [0.15, 0.2) is 0 Å². The lowest BCUT2D eigenvalue weighted by Gasteiger charge is -2.35. The van der Waals surface area contributed by atoms with Crippen LogP contribution in [0.1, 0.15) is 16.7 Å². The number of rotatable bonds is 4. The van der Waals surface area contributed by atoms with E-state index in [0.717, 1.165) is 17.7 Å². The largest absolute Gasteiger partial charge is 0.416 e. The predicted molar refractivity (Wildman–Crippen MR) is 117 cm³/mol. The third kappa shape index (κ3) is 4.96. The highest BCUT2D eigenvalue weighted by atomic mass is 19.4. The number of hydrogen-bond donors (Lipinski definition) is 0. The second kappa shape index (κ2) is 9.21. The Morgan fingerprint density at radius 2 is 1.56 bits per heavy atom. The van der Waals surface area contributed by atoms with E-state index in [0.29, 0.717) is 32.1 Å². The number of benzene rings is 2. The van der Waals surface area contributed by atoms with Gasteiger partial charge in [0.1, 0.15) is 0 Å². The topological polar surface area (TPSA) is 49.3 Å². The van der Waals surface area contributed by atoms with E-state index in [1.807, 2.05) is 35.2 Å². The van der Waals surface area contributed by atoms with Crippen LogP contribution in [-0.4, -0.2) is 47.0 Å². The molecule has 0 unspecified atom stereocenters. The molecule has 0 spiro atoms. The molecule has 1 saturated heterocycles. The second-order valence-electron chi connectivity index (χ2n) is 7.38. The molecule has 2 aromatic carbocycles. The van der Waals surface area contributed by atoms with Crippen LogP contribution < -0.4 is 4.90 Å². The minimum atomic E-state index is -4.49. The highest BCUT2D eigenvalue weighted by molar-refractivity contribution is 6.24. The van der Waals surface area contributed by atoms with Crippen LogP contribution in [0.4, 0.5) is 19.1 Å². The Hall–Kier alpha value is -3.68. The molecule has 0 N–H and O–H groups in total. The van der Waals surface area contributed by atoms with E-state index in [1.165, 1.54) is 12.1 Å². The molecule has 0 bridgehead atoms. The van der Waals surface area contributed by atoms with Gasteiger partial charge in [0.2, 0.25) is 5.95 Å². The Bertz CT molecular complexity index is 1090. The molecule has 8 heteroatoms. The summed E-state index contributed by atoms with van der Waals surface area (Å²) in [4.78, 5) is 25.5. The average Bonchev–Trinajstić information content (AvgIpc) is 2.83. The lowest BCUT2D eigenvalue weighted by Crippen LogP contribution is -2.49. The van der Waals surface area contributed by atoms with Gasteiger partial charge in [-0.1, -0.05) is 42.5 Å². The number of anilines is 1. The SMILES string of the molecule is O=C(/C(=C/c1ccccc1)c1cccc(C(F)(F)F)c1)N1CCN(c2ncccn2)CC1. The number of aromatic nitrogens is 2. The lowest BCUT2D eigenvalue weighted by molar-refractivity contribution is -0.137. The van der Waals surface area contributed by atoms with Gasteiger partial charge in [-0.25, -0.2) is 9.97 Å². The molecule has 164 valence electrons. The normalized spacial score (nSPS) is 15.0. The van der Waals surface area contributed by atoms with Crippen LogP contribution in [0.15, 0.2) is 73.1 Å². The van der Waals surface area contributed by atoms with Crippen LogP contribution in [0.25, 0.3) is 11.6 Å². The van der Waals surface area contributed by atoms with Gasteiger partial charge in [0, 0.05) is 44.1 Å². The Morgan fingerprint density at radius 3 is 2.22 bits per heavy atom. The smallest absolute Gasteiger partial charge is 0.337 e. The van der Waals surface area contributed by atoms with Crippen LogP contribution in [0.5, 0.6) is 0 Å². The van der Waals surface area contributed by atoms with Gasteiger partial charge < -0.3 is 9.80 Å².